The molecule has 0 aliphatic rings. The molecule has 0 saturated carbocycles. The van der Waals surface area contributed by atoms with Crippen LogP contribution < -0.4 is 5.32 Å². The lowest BCUT2D eigenvalue weighted by atomic mass is 10.1. The van der Waals surface area contributed by atoms with Crippen molar-refractivity contribution < 1.29 is 19.4 Å². The molecule has 0 bridgehead atoms. The third-order valence-electron chi connectivity index (χ3n) is 1.97. The first-order valence-electron chi connectivity index (χ1n) is 5.47. The largest absolute Gasteiger partial charge is 0.480 e. The van der Waals surface area contributed by atoms with E-state index in [0.717, 1.165) is 0 Å². The van der Waals surface area contributed by atoms with Crippen molar-refractivity contribution >= 4 is 12.1 Å². The SMILES string of the molecule is C.C.CC(C)(C)OC(=O)N[C@@H](Cc1cnc[nH]1)C(=O)O. The fourth-order valence-corrected chi connectivity index (χ4v) is 1.27. The van der Waals surface area contributed by atoms with Gasteiger partial charge in [-0.05, 0) is 20.8 Å². The summed E-state index contributed by atoms with van der Waals surface area (Å²) < 4.78 is 5.00. The molecule has 0 aliphatic carbocycles. The molecule has 1 rings (SSSR count). The van der Waals surface area contributed by atoms with Crippen molar-refractivity contribution in [1.29, 1.82) is 0 Å². The van der Waals surface area contributed by atoms with Crippen LogP contribution in [0.4, 0.5) is 4.79 Å². The first-order valence-corrected chi connectivity index (χ1v) is 5.47. The highest BCUT2D eigenvalue weighted by Gasteiger charge is 2.24. The number of nitrogens with zero attached hydrogens (tertiary/aromatic N) is 1. The number of carbonyl (C=O) groups is 2. The molecule has 7 nitrogen and oxygen atoms in total. The molecule has 1 aromatic heterocycles. The van der Waals surface area contributed by atoms with E-state index in [9.17, 15) is 9.59 Å². The zero-order valence-corrected chi connectivity index (χ0v) is 10.6. The van der Waals surface area contributed by atoms with Gasteiger partial charge in [0.1, 0.15) is 11.6 Å². The van der Waals surface area contributed by atoms with Crippen LogP contribution in [0.3, 0.4) is 0 Å². The molecule has 116 valence electrons. The highest BCUT2D eigenvalue weighted by Crippen LogP contribution is 2.07. The number of hydrogen-bond acceptors (Lipinski definition) is 4. The lowest BCUT2D eigenvalue weighted by molar-refractivity contribution is -0.139. The van der Waals surface area contributed by atoms with Crippen LogP contribution in [-0.2, 0) is 16.0 Å². The van der Waals surface area contributed by atoms with Crippen LogP contribution >= 0.6 is 0 Å². The molecule has 0 spiro atoms. The number of carboxylic acid groups (broad SMARTS) is 1. The number of hydrogen-bond donors (Lipinski definition) is 3. The van der Waals surface area contributed by atoms with Crippen molar-refractivity contribution in [2.24, 2.45) is 0 Å². The minimum Gasteiger partial charge on any atom is -0.480 e. The molecule has 1 atom stereocenters. The topological polar surface area (TPSA) is 104 Å². The van der Waals surface area contributed by atoms with Gasteiger partial charge in [0.25, 0.3) is 0 Å². The van der Waals surface area contributed by atoms with Crippen molar-refractivity contribution in [2.45, 2.75) is 53.7 Å². The first kappa shape index (κ1) is 20.3. The van der Waals surface area contributed by atoms with E-state index < -0.39 is 23.7 Å². The second-order valence-corrected chi connectivity index (χ2v) is 4.82. The Morgan fingerprint density at radius 3 is 2.45 bits per heavy atom. The van der Waals surface area contributed by atoms with Gasteiger partial charge in [-0.1, -0.05) is 14.9 Å². The van der Waals surface area contributed by atoms with Crippen LogP contribution in [0.5, 0.6) is 0 Å². The number of ether oxygens (including phenoxy) is 1. The summed E-state index contributed by atoms with van der Waals surface area (Å²) in [6.45, 7) is 5.12. The Morgan fingerprint density at radius 1 is 1.45 bits per heavy atom. The van der Waals surface area contributed by atoms with Crippen LogP contribution in [-0.4, -0.2) is 38.8 Å². The maximum atomic E-state index is 11.5. The standard InChI is InChI=1S/C11H17N3O4.2CH4/c1-11(2,3)18-10(17)14-8(9(15)16)4-7-5-12-6-13-7;;/h5-6,8H,4H2,1-3H3,(H,12,13)(H,14,17)(H,15,16);2*1H4/t8-;;/m0../s1. The number of carboxylic acids is 1. The van der Waals surface area contributed by atoms with Crippen molar-refractivity contribution in [2.75, 3.05) is 0 Å². The number of rotatable bonds is 4. The van der Waals surface area contributed by atoms with Crippen LogP contribution in [0.15, 0.2) is 12.5 Å². The Kier molecular flexibility index (Phi) is 8.30. The Labute approximate surface area is 119 Å². The minimum atomic E-state index is -1.13. The number of aliphatic carboxylic acids is 1. The molecule has 1 heterocycles. The number of nitrogens with one attached hydrogen (secondary N) is 2. The summed E-state index contributed by atoms with van der Waals surface area (Å²) in [6, 6.07) is -1.06. The molecule has 0 aliphatic heterocycles. The average Bonchev–Trinajstić information content (AvgIpc) is 2.66. The first-order chi connectivity index (χ1) is 8.28. The number of aromatic amines is 1. The summed E-state index contributed by atoms with van der Waals surface area (Å²) in [6.07, 6.45) is 2.32. The van der Waals surface area contributed by atoms with E-state index in [1.54, 1.807) is 20.8 Å². The molecule has 7 heteroatoms. The second kappa shape index (κ2) is 8.19. The monoisotopic (exact) mass is 287 g/mol. The van der Waals surface area contributed by atoms with Gasteiger partial charge in [0.05, 0.1) is 6.33 Å². The van der Waals surface area contributed by atoms with E-state index in [1.165, 1.54) is 12.5 Å². The molecule has 20 heavy (non-hydrogen) atoms. The molecule has 1 aromatic rings. The summed E-state index contributed by atoms with van der Waals surface area (Å²) in [5.41, 5.74) is -0.0420. The zero-order chi connectivity index (χ0) is 13.8. The fourth-order valence-electron chi connectivity index (χ4n) is 1.27. The van der Waals surface area contributed by atoms with Gasteiger partial charge in [0, 0.05) is 18.3 Å². The molecular weight excluding hydrogens is 262 g/mol. The van der Waals surface area contributed by atoms with Crippen LogP contribution in [0.25, 0.3) is 0 Å². The molecule has 3 N–H and O–H groups in total. The summed E-state index contributed by atoms with van der Waals surface area (Å²) in [4.78, 5) is 29.1. The lowest BCUT2D eigenvalue weighted by Crippen LogP contribution is -2.44. The van der Waals surface area contributed by atoms with Gasteiger partial charge in [-0.2, -0.15) is 0 Å². The van der Waals surface area contributed by atoms with Gasteiger partial charge < -0.3 is 20.1 Å². The second-order valence-electron chi connectivity index (χ2n) is 4.82. The number of H-pyrrole nitrogens is 1. The third-order valence-corrected chi connectivity index (χ3v) is 1.97. The van der Waals surface area contributed by atoms with Crippen molar-refractivity contribution in [3.8, 4) is 0 Å². The Hall–Kier alpha value is -2.05. The van der Waals surface area contributed by atoms with E-state index in [-0.39, 0.29) is 21.3 Å². The van der Waals surface area contributed by atoms with E-state index in [0.29, 0.717) is 5.69 Å². The molecule has 0 saturated heterocycles. The maximum Gasteiger partial charge on any atom is 0.408 e. The van der Waals surface area contributed by atoms with Crippen LogP contribution in [0, 0.1) is 0 Å². The third kappa shape index (κ3) is 7.40. The fraction of sp³-hybridized carbons (Fsp3) is 0.615. The molecule has 1 amide bonds. The molecule has 0 aromatic carbocycles. The number of imidazole rings is 1. The highest BCUT2D eigenvalue weighted by molar-refractivity contribution is 5.80. The van der Waals surface area contributed by atoms with Crippen LogP contribution in [0.1, 0.15) is 41.3 Å². The van der Waals surface area contributed by atoms with Gasteiger partial charge in [-0.25, -0.2) is 14.6 Å². The molecule has 0 fully saturated rings. The van der Waals surface area contributed by atoms with E-state index >= 15 is 0 Å². The maximum absolute atomic E-state index is 11.5. The zero-order valence-electron chi connectivity index (χ0n) is 10.6. The smallest absolute Gasteiger partial charge is 0.408 e. The predicted molar refractivity (Wildman–Crippen MR) is 76.5 cm³/mol. The number of aromatic nitrogens is 2. The van der Waals surface area contributed by atoms with Gasteiger partial charge in [0.15, 0.2) is 0 Å². The van der Waals surface area contributed by atoms with Gasteiger partial charge in [0.2, 0.25) is 0 Å². The lowest BCUT2D eigenvalue weighted by Gasteiger charge is -2.21. The average molecular weight is 287 g/mol. The summed E-state index contributed by atoms with van der Waals surface area (Å²) >= 11 is 0. The van der Waals surface area contributed by atoms with Crippen molar-refractivity contribution in [3.05, 3.63) is 18.2 Å². The van der Waals surface area contributed by atoms with Gasteiger partial charge in [-0.3, -0.25) is 0 Å². The quantitative estimate of drug-likeness (QED) is 0.787. The molecular formula is C13H25N3O4. The normalized spacial score (nSPS) is 11.6. The number of carbonyl (C=O) groups excluding carboxylic acids is 1. The van der Waals surface area contributed by atoms with Crippen molar-refractivity contribution in [1.82, 2.24) is 15.3 Å². The molecule has 0 unspecified atom stereocenters. The van der Waals surface area contributed by atoms with E-state index in [1.807, 2.05) is 0 Å². The molecule has 0 radical (unpaired) electrons. The van der Waals surface area contributed by atoms with Crippen LogP contribution in [0.2, 0.25) is 0 Å². The predicted octanol–water partition coefficient (Wildman–Crippen LogP) is 2.20. The van der Waals surface area contributed by atoms with Gasteiger partial charge >= 0.3 is 12.1 Å². The Morgan fingerprint density at radius 2 is 2.05 bits per heavy atom. The highest BCUT2D eigenvalue weighted by atomic mass is 16.6. The van der Waals surface area contributed by atoms with E-state index in [2.05, 4.69) is 15.3 Å². The summed E-state index contributed by atoms with van der Waals surface area (Å²) in [5.74, 6) is -1.13. The van der Waals surface area contributed by atoms with Crippen molar-refractivity contribution in [3.63, 3.8) is 0 Å². The van der Waals surface area contributed by atoms with E-state index in [4.69, 9.17) is 9.84 Å². The Bertz CT molecular complexity index is 410. The number of amides is 1. The van der Waals surface area contributed by atoms with Gasteiger partial charge in [-0.15, -0.1) is 0 Å². The summed E-state index contributed by atoms with van der Waals surface area (Å²) in [5, 5.41) is 11.3. The summed E-state index contributed by atoms with van der Waals surface area (Å²) in [7, 11) is 0. The number of alkyl carbamates (subject to hydrolysis) is 1. The Balaban J connectivity index is 0. The minimum absolute atomic E-state index is 0.